The number of amides is 3. The Morgan fingerprint density at radius 2 is 1.58 bits per heavy atom. The number of nitrogens with one attached hydrogen (secondary N) is 2. The van der Waals surface area contributed by atoms with Gasteiger partial charge in [-0.05, 0) is 31.2 Å². The highest BCUT2D eigenvalue weighted by molar-refractivity contribution is 5.95. The number of ether oxygens (including phenoxy) is 3. The molecule has 0 aliphatic heterocycles. The van der Waals surface area contributed by atoms with E-state index in [1.54, 1.807) is 29.6 Å². The van der Waals surface area contributed by atoms with E-state index in [0.717, 1.165) is 0 Å². The van der Waals surface area contributed by atoms with Crippen molar-refractivity contribution in [3.63, 3.8) is 0 Å². The molecule has 0 aliphatic rings. The first kappa shape index (κ1) is 21.1. The highest BCUT2D eigenvalue weighted by Crippen LogP contribution is 2.17. The fraction of sp³-hybridized carbons (Fsp3) is 0.400. The smallest absolute Gasteiger partial charge is 0.405 e. The van der Waals surface area contributed by atoms with Gasteiger partial charge in [-0.15, -0.1) is 0 Å². The summed E-state index contributed by atoms with van der Waals surface area (Å²) in [4.78, 5) is 33.7. The van der Waals surface area contributed by atoms with Crippen LogP contribution in [0.3, 0.4) is 0 Å². The zero-order valence-corrected chi connectivity index (χ0v) is 13.7. The molecule has 3 amide bonds. The normalized spacial score (nSPS) is 10.6. The van der Waals surface area contributed by atoms with Crippen LogP contribution in [0, 0.1) is 0 Å². The molecule has 0 aliphatic carbocycles. The Balaban J connectivity index is 2.24. The van der Waals surface area contributed by atoms with Crippen molar-refractivity contribution in [3.05, 3.63) is 24.3 Å². The average Bonchev–Trinajstić information content (AvgIpc) is 2.57. The summed E-state index contributed by atoms with van der Waals surface area (Å²) in [6.07, 6.45) is -4.61. The molecular formula is C15H17F3N2O6. The monoisotopic (exact) mass is 378 g/mol. The summed E-state index contributed by atoms with van der Waals surface area (Å²) in [6, 6.07) is 5.05. The highest BCUT2D eigenvalue weighted by atomic mass is 19.4. The molecule has 1 aromatic carbocycles. The van der Waals surface area contributed by atoms with Gasteiger partial charge in [0.05, 0.1) is 6.61 Å². The number of esters is 1. The van der Waals surface area contributed by atoms with Crippen molar-refractivity contribution in [3.8, 4) is 11.5 Å². The number of alkyl halides is 3. The maximum absolute atomic E-state index is 11.9. The van der Waals surface area contributed by atoms with Crippen LogP contribution in [0.25, 0.3) is 0 Å². The molecule has 0 saturated heterocycles. The lowest BCUT2D eigenvalue weighted by Crippen LogP contribution is -2.44. The molecule has 0 fully saturated rings. The third kappa shape index (κ3) is 9.35. The molecule has 0 aromatic heterocycles. The molecule has 1 aromatic rings. The Labute approximate surface area is 146 Å². The minimum Gasteiger partial charge on any atom is -0.494 e. The Kier molecular flexibility index (Phi) is 8.19. The number of hydrogen-bond acceptors (Lipinski definition) is 6. The molecule has 1 rings (SSSR count). The molecule has 8 nitrogen and oxygen atoms in total. The quantitative estimate of drug-likeness (QED) is 0.663. The minimum absolute atomic E-state index is 0.362. The fourth-order valence-corrected chi connectivity index (χ4v) is 1.52. The Bertz CT molecular complexity index is 619. The zero-order valence-electron chi connectivity index (χ0n) is 13.7. The SMILES string of the molecule is CCOc1ccc(OCC(=O)OCC(=O)NC(=O)NCC(F)(F)F)cc1. The number of hydrogen-bond donors (Lipinski definition) is 2. The van der Waals surface area contributed by atoms with E-state index in [0.29, 0.717) is 18.1 Å². The van der Waals surface area contributed by atoms with E-state index in [1.165, 1.54) is 5.32 Å². The van der Waals surface area contributed by atoms with Crippen molar-refractivity contribution in [2.75, 3.05) is 26.4 Å². The Hall–Kier alpha value is -2.98. The predicted molar refractivity (Wildman–Crippen MR) is 81.7 cm³/mol. The lowest BCUT2D eigenvalue weighted by molar-refractivity contribution is -0.150. The first-order chi connectivity index (χ1) is 12.2. The molecule has 0 radical (unpaired) electrons. The number of rotatable bonds is 8. The molecule has 2 N–H and O–H groups in total. The van der Waals surface area contributed by atoms with E-state index in [9.17, 15) is 27.6 Å². The summed E-state index contributed by atoms with van der Waals surface area (Å²) < 4.78 is 50.5. The van der Waals surface area contributed by atoms with Gasteiger partial charge in [-0.2, -0.15) is 13.2 Å². The molecule has 0 saturated carbocycles. The summed E-state index contributed by atoms with van der Waals surface area (Å²) in [7, 11) is 0. The van der Waals surface area contributed by atoms with Crippen molar-refractivity contribution in [2.24, 2.45) is 0 Å². The maximum atomic E-state index is 11.9. The van der Waals surface area contributed by atoms with E-state index in [-0.39, 0.29) is 0 Å². The van der Waals surface area contributed by atoms with Crippen LogP contribution < -0.4 is 20.1 Å². The second-order valence-electron chi connectivity index (χ2n) is 4.70. The molecule has 0 unspecified atom stereocenters. The lowest BCUT2D eigenvalue weighted by Gasteiger charge is -2.10. The van der Waals surface area contributed by atoms with Crippen LogP contribution in [0.15, 0.2) is 24.3 Å². The van der Waals surface area contributed by atoms with Gasteiger partial charge in [0, 0.05) is 0 Å². The highest BCUT2D eigenvalue weighted by Gasteiger charge is 2.28. The average molecular weight is 378 g/mol. The molecule has 144 valence electrons. The molecule has 0 heterocycles. The summed E-state index contributed by atoms with van der Waals surface area (Å²) in [5, 5.41) is 3.01. The standard InChI is InChI=1S/C15H17F3N2O6/c1-2-24-10-3-5-11(6-4-10)25-8-13(22)26-7-12(21)20-14(23)19-9-15(16,17)18/h3-6H,2,7-9H2,1H3,(H2,19,20,21,23). The molecule has 0 bridgehead atoms. The van der Waals surface area contributed by atoms with Crippen molar-refractivity contribution in [2.45, 2.75) is 13.1 Å². The summed E-state index contributed by atoms with van der Waals surface area (Å²) in [6.45, 7) is -0.604. The van der Waals surface area contributed by atoms with Gasteiger partial charge in [-0.25, -0.2) is 9.59 Å². The van der Waals surface area contributed by atoms with Crippen molar-refractivity contribution < 1.29 is 41.8 Å². The number of halogens is 3. The van der Waals surface area contributed by atoms with Crippen molar-refractivity contribution in [1.82, 2.24) is 10.6 Å². The van der Waals surface area contributed by atoms with E-state index >= 15 is 0 Å². The van der Waals surface area contributed by atoms with E-state index in [4.69, 9.17) is 9.47 Å². The van der Waals surface area contributed by atoms with Crippen molar-refractivity contribution in [1.29, 1.82) is 0 Å². The minimum atomic E-state index is -4.61. The summed E-state index contributed by atoms with van der Waals surface area (Å²) >= 11 is 0. The van der Waals surface area contributed by atoms with Crippen LogP contribution in [0.4, 0.5) is 18.0 Å². The molecule has 0 spiro atoms. The second kappa shape index (κ2) is 10.1. The Morgan fingerprint density at radius 3 is 2.12 bits per heavy atom. The number of imide groups is 1. The number of carbonyl (C=O) groups is 3. The van der Waals surface area contributed by atoms with Crippen LogP contribution >= 0.6 is 0 Å². The van der Waals surface area contributed by atoms with Crippen LogP contribution in [0.5, 0.6) is 11.5 Å². The molecule has 0 atom stereocenters. The van der Waals surface area contributed by atoms with Gasteiger partial charge in [0.15, 0.2) is 13.2 Å². The van der Waals surface area contributed by atoms with Crippen LogP contribution in [0.2, 0.25) is 0 Å². The van der Waals surface area contributed by atoms with Crippen molar-refractivity contribution >= 4 is 17.9 Å². The lowest BCUT2D eigenvalue weighted by atomic mass is 10.3. The zero-order chi connectivity index (χ0) is 19.6. The van der Waals surface area contributed by atoms with Gasteiger partial charge in [0.25, 0.3) is 5.91 Å². The summed E-state index contributed by atoms with van der Waals surface area (Å²) in [5.74, 6) is -0.992. The summed E-state index contributed by atoms with van der Waals surface area (Å²) in [5.41, 5.74) is 0. The fourth-order valence-electron chi connectivity index (χ4n) is 1.52. The van der Waals surface area contributed by atoms with Gasteiger partial charge in [0.1, 0.15) is 18.0 Å². The molecular weight excluding hydrogens is 361 g/mol. The number of urea groups is 1. The first-order valence-corrected chi connectivity index (χ1v) is 7.35. The van der Waals surface area contributed by atoms with E-state index < -0.39 is 43.8 Å². The third-order valence-corrected chi connectivity index (χ3v) is 2.56. The number of carbonyl (C=O) groups excluding carboxylic acids is 3. The van der Waals surface area contributed by atoms with E-state index in [2.05, 4.69) is 4.74 Å². The maximum Gasteiger partial charge on any atom is 0.405 e. The topological polar surface area (TPSA) is 103 Å². The van der Waals surface area contributed by atoms with Gasteiger partial charge < -0.3 is 19.5 Å². The van der Waals surface area contributed by atoms with Crippen LogP contribution in [-0.4, -0.2) is 50.4 Å². The largest absolute Gasteiger partial charge is 0.494 e. The van der Waals surface area contributed by atoms with Gasteiger partial charge in [-0.3, -0.25) is 10.1 Å². The van der Waals surface area contributed by atoms with Crippen LogP contribution in [0.1, 0.15) is 6.92 Å². The molecule has 26 heavy (non-hydrogen) atoms. The molecule has 11 heteroatoms. The van der Waals surface area contributed by atoms with E-state index in [1.807, 2.05) is 6.92 Å². The van der Waals surface area contributed by atoms with Gasteiger partial charge >= 0.3 is 18.2 Å². The predicted octanol–water partition coefficient (Wildman–Crippen LogP) is 1.40. The second-order valence-corrected chi connectivity index (χ2v) is 4.70. The first-order valence-electron chi connectivity index (χ1n) is 7.35. The third-order valence-electron chi connectivity index (χ3n) is 2.56. The van der Waals surface area contributed by atoms with Gasteiger partial charge in [0.2, 0.25) is 0 Å². The Morgan fingerprint density at radius 1 is 1.00 bits per heavy atom. The van der Waals surface area contributed by atoms with Crippen LogP contribution in [-0.2, 0) is 14.3 Å². The van der Waals surface area contributed by atoms with Gasteiger partial charge in [-0.1, -0.05) is 0 Å². The number of benzene rings is 1.